The van der Waals surface area contributed by atoms with E-state index >= 15 is 0 Å². The molecule has 0 fully saturated rings. The number of carbonyl (C=O) groups excluding carboxylic acids is 1. The summed E-state index contributed by atoms with van der Waals surface area (Å²) in [6, 6.07) is 4.37. The van der Waals surface area contributed by atoms with E-state index in [0.29, 0.717) is 0 Å². The van der Waals surface area contributed by atoms with Crippen molar-refractivity contribution in [3.05, 3.63) is 34.3 Å². The topological polar surface area (TPSA) is 63.6 Å². The maximum Gasteiger partial charge on any atom is 0.384 e. The maximum atomic E-state index is 11.0. The van der Waals surface area contributed by atoms with Crippen LogP contribution in [-0.4, -0.2) is 23.7 Å². The van der Waals surface area contributed by atoms with E-state index in [1.54, 1.807) is 6.92 Å². The van der Waals surface area contributed by atoms with Crippen molar-refractivity contribution in [3.63, 3.8) is 0 Å². The second-order valence-electron chi connectivity index (χ2n) is 2.94. The van der Waals surface area contributed by atoms with Crippen molar-refractivity contribution in [2.75, 3.05) is 6.61 Å². The number of rotatable bonds is 2. The molecule has 1 aromatic carbocycles. The molecule has 1 N–H and O–H groups in total. The highest BCUT2D eigenvalue weighted by Crippen LogP contribution is 2.18. The Morgan fingerprint density at radius 1 is 1.47 bits per heavy atom. The normalized spacial score (nSPS) is 9.06. The Hall–Kier alpha value is -1.99. The van der Waals surface area contributed by atoms with Gasteiger partial charge in [-0.05, 0) is 19.1 Å². The molecular weight excluding hydrogens is 244 g/mol. The van der Waals surface area contributed by atoms with Crippen molar-refractivity contribution in [1.29, 1.82) is 0 Å². The van der Waals surface area contributed by atoms with Crippen LogP contribution in [0.15, 0.2) is 18.2 Å². The maximum absolute atomic E-state index is 11.0. The molecule has 0 saturated heterocycles. The summed E-state index contributed by atoms with van der Waals surface area (Å²) in [5.74, 6) is 2.72. The third-order valence-electron chi connectivity index (χ3n) is 1.81. The van der Waals surface area contributed by atoms with E-state index in [2.05, 4.69) is 16.6 Å². The molecule has 0 aliphatic heterocycles. The Morgan fingerprint density at radius 3 is 2.76 bits per heavy atom. The molecule has 0 saturated carbocycles. The summed E-state index contributed by atoms with van der Waals surface area (Å²) in [7, 11) is 0. The number of hydrogen-bond acceptors (Lipinski definition) is 3. The largest absolute Gasteiger partial charge is 0.478 e. The van der Waals surface area contributed by atoms with Crippen molar-refractivity contribution in [2.24, 2.45) is 0 Å². The van der Waals surface area contributed by atoms with E-state index < -0.39 is 11.9 Å². The minimum Gasteiger partial charge on any atom is -0.478 e. The monoisotopic (exact) mass is 252 g/mol. The fraction of sp³-hybridized carbons (Fsp3) is 0.167. The van der Waals surface area contributed by atoms with Gasteiger partial charge in [-0.15, -0.1) is 0 Å². The first-order chi connectivity index (χ1) is 8.06. The molecule has 5 heteroatoms. The van der Waals surface area contributed by atoms with Crippen LogP contribution >= 0.6 is 11.6 Å². The lowest BCUT2D eigenvalue weighted by Gasteiger charge is -2.00. The van der Waals surface area contributed by atoms with Gasteiger partial charge in [0.1, 0.15) is 0 Å². The zero-order valence-corrected chi connectivity index (χ0v) is 9.75. The number of ether oxygens (including phenoxy) is 1. The second-order valence-corrected chi connectivity index (χ2v) is 3.35. The molecule has 0 aliphatic rings. The second kappa shape index (κ2) is 5.92. The quantitative estimate of drug-likeness (QED) is 0.645. The predicted molar refractivity (Wildman–Crippen MR) is 61.9 cm³/mol. The van der Waals surface area contributed by atoms with Crippen molar-refractivity contribution in [1.82, 2.24) is 0 Å². The number of hydrogen-bond donors (Lipinski definition) is 1. The van der Waals surface area contributed by atoms with Crippen LogP contribution in [0.2, 0.25) is 5.02 Å². The molecular formula is C12H9ClO4. The summed E-state index contributed by atoms with van der Waals surface area (Å²) < 4.78 is 4.60. The van der Waals surface area contributed by atoms with Crippen LogP contribution < -0.4 is 0 Å². The molecule has 0 amide bonds. The molecule has 17 heavy (non-hydrogen) atoms. The van der Waals surface area contributed by atoms with Crippen LogP contribution in [0.5, 0.6) is 0 Å². The van der Waals surface area contributed by atoms with Gasteiger partial charge in [0, 0.05) is 5.92 Å². The third-order valence-corrected chi connectivity index (χ3v) is 2.12. The predicted octanol–water partition coefficient (Wildman–Crippen LogP) is 1.95. The molecule has 0 unspecified atom stereocenters. The first kappa shape index (κ1) is 13.1. The van der Waals surface area contributed by atoms with Gasteiger partial charge in [0.15, 0.2) is 0 Å². The van der Waals surface area contributed by atoms with Gasteiger partial charge in [-0.2, -0.15) is 0 Å². The lowest BCUT2D eigenvalue weighted by atomic mass is 10.1. The Labute approximate surface area is 103 Å². The molecule has 88 valence electrons. The smallest absolute Gasteiger partial charge is 0.384 e. The highest BCUT2D eigenvalue weighted by molar-refractivity contribution is 6.32. The lowest BCUT2D eigenvalue weighted by molar-refractivity contribution is -0.136. The van der Waals surface area contributed by atoms with Crippen molar-refractivity contribution in [2.45, 2.75) is 6.92 Å². The SMILES string of the molecule is CCOC(=O)C#Cc1c(Cl)cccc1C(=O)O. The van der Waals surface area contributed by atoms with Gasteiger partial charge in [-0.3, -0.25) is 0 Å². The molecule has 1 rings (SSSR count). The minimum absolute atomic E-state index is 0.0469. The van der Waals surface area contributed by atoms with Crippen LogP contribution in [0.25, 0.3) is 0 Å². The third kappa shape index (κ3) is 3.51. The average molecular weight is 253 g/mol. The Morgan fingerprint density at radius 2 is 2.18 bits per heavy atom. The first-order valence-corrected chi connectivity index (χ1v) is 5.14. The number of carbonyl (C=O) groups is 2. The fourth-order valence-electron chi connectivity index (χ4n) is 1.11. The molecule has 4 nitrogen and oxygen atoms in total. The van der Waals surface area contributed by atoms with Crippen LogP contribution in [0.3, 0.4) is 0 Å². The number of carboxylic acid groups (broad SMARTS) is 1. The van der Waals surface area contributed by atoms with Crippen LogP contribution in [-0.2, 0) is 9.53 Å². The molecule has 0 radical (unpaired) electrons. The highest BCUT2D eigenvalue weighted by Gasteiger charge is 2.11. The van der Waals surface area contributed by atoms with Gasteiger partial charge in [-0.1, -0.05) is 23.6 Å². The van der Waals surface area contributed by atoms with E-state index in [1.807, 2.05) is 0 Å². The van der Waals surface area contributed by atoms with E-state index in [9.17, 15) is 9.59 Å². The summed E-state index contributed by atoms with van der Waals surface area (Å²) in [6.45, 7) is 1.86. The zero-order chi connectivity index (χ0) is 12.8. The molecule has 0 bridgehead atoms. The molecule has 0 aromatic heterocycles. The van der Waals surface area contributed by atoms with Crippen molar-refractivity contribution >= 4 is 23.5 Å². The van der Waals surface area contributed by atoms with E-state index in [4.69, 9.17) is 16.7 Å². The molecule has 0 heterocycles. The highest BCUT2D eigenvalue weighted by atomic mass is 35.5. The van der Waals surface area contributed by atoms with Gasteiger partial charge in [0.05, 0.1) is 22.8 Å². The van der Waals surface area contributed by atoms with Crippen LogP contribution in [0, 0.1) is 11.8 Å². The summed E-state index contributed by atoms with van der Waals surface area (Å²) in [5, 5.41) is 9.10. The van der Waals surface area contributed by atoms with Gasteiger partial charge >= 0.3 is 11.9 Å². The van der Waals surface area contributed by atoms with Gasteiger partial charge in [0.2, 0.25) is 0 Å². The van der Waals surface area contributed by atoms with E-state index in [-0.39, 0.29) is 22.8 Å². The van der Waals surface area contributed by atoms with Crippen molar-refractivity contribution < 1.29 is 19.4 Å². The summed E-state index contributed by atoms with van der Waals surface area (Å²) in [5.41, 5.74) is 0.0593. The molecule has 0 atom stereocenters. The van der Waals surface area contributed by atoms with E-state index in [1.165, 1.54) is 18.2 Å². The fourth-order valence-corrected chi connectivity index (χ4v) is 1.33. The van der Waals surface area contributed by atoms with Gasteiger partial charge < -0.3 is 9.84 Å². The summed E-state index contributed by atoms with van der Waals surface area (Å²) in [4.78, 5) is 21.9. The minimum atomic E-state index is -1.15. The number of esters is 1. The standard InChI is InChI=1S/C12H9ClO4/c1-2-17-11(14)7-6-8-9(12(15)16)4-3-5-10(8)13/h3-5H,2H2,1H3,(H,15,16). The molecule has 0 spiro atoms. The van der Waals surface area contributed by atoms with Crippen molar-refractivity contribution in [3.8, 4) is 11.8 Å². The number of benzene rings is 1. The zero-order valence-electron chi connectivity index (χ0n) is 8.99. The van der Waals surface area contributed by atoms with E-state index in [0.717, 1.165) is 0 Å². The Bertz CT molecular complexity index is 511. The Kier molecular flexibility index (Phi) is 4.56. The summed E-state index contributed by atoms with van der Waals surface area (Å²) >= 11 is 5.82. The number of aromatic carboxylic acids is 1. The molecule has 1 aromatic rings. The Balaban J connectivity index is 3.13. The number of carboxylic acids is 1. The first-order valence-electron chi connectivity index (χ1n) is 4.76. The summed E-state index contributed by atoms with van der Waals surface area (Å²) in [6.07, 6.45) is 0. The van der Waals surface area contributed by atoms with Gasteiger partial charge in [0.25, 0.3) is 0 Å². The van der Waals surface area contributed by atoms with Crippen LogP contribution in [0.1, 0.15) is 22.8 Å². The molecule has 0 aliphatic carbocycles. The lowest BCUT2D eigenvalue weighted by Crippen LogP contribution is -2.02. The number of halogens is 1. The van der Waals surface area contributed by atoms with Gasteiger partial charge in [-0.25, -0.2) is 9.59 Å². The van der Waals surface area contributed by atoms with Crippen LogP contribution in [0.4, 0.5) is 0 Å². The average Bonchev–Trinajstić information content (AvgIpc) is 2.27.